The van der Waals surface area contributed by atoms with Crippen LogP contribution in [0, 0.1) is 0 Å². The van der Waals surface area contributed by atoms with Gasteiger partial charge in [0, 0.05) is 19.3 Å². The summed E-state index contributed by atoms with van der Waals surface area (Å²) in [5, 5.41) is 9.16. The van der Waals surface area contributed by atoms with E-state index in [1.165, 1.54) is 18.5 Å². The van der Waals surface area contributed by atoms with Crippen molar-refractivity contribution in [2.24, 2.45) is 0 Å². The van der Waals surface area contributed by atoms with Crippen molar-refractivity contribution in [3.8, 4) is 5.75 Å². The first-order valence-corrected chi connectivity index (χ1v) is 4.62. The van der Waals surface area contributed by atoms with Gasteiger partial charge >= 0.3 is 0 Å². The lowest BCUT2D eigenvalue weighted by Gasteiger charge is -2.18. The first-order chi connectivity index (χ1) is 6.69. The van der Waals surface area contributed by atoms with Crippen molar-refractivity contribution in [1.82, 2.24) is 9.88 Å². The minimum atomic E-state index is -0.0987. The van der Waals surface area contributed by atoms with Crippen LogP contribution in [0.15, 0.2) is 18.5 Å². The highest BCUT2D eigenvalue weighted by molar-refractivity contribution is 5.94. The quantitative estimate of drug-likeness (QED) is 0.788. The van der Waals surface area contributed by atoms with Crippen LogP contribution in [0.5, 0.6) is 5.75 Å². The molecule has 0 bridgehead atoms. The predicted molar refractivity (Wildman–Crippen MR) is 53.2 cm³/mol. The van der Waals surface area contributed by atoms with Gasteiger partial charge in [0.1, 0.15) is 5.75 Å². The van der Waals surface area contributed by atoms with Crippen LogP contribution < -0.4 is 0 Å². The number of pyridine rings is 1. The van der Waals surface area contributed by atoms with Crippen molar-refractivity contribution in [2.75, 3.05) is 13.1 Å². The molecule has 14 heavy (non-hydrogen) atoms. The Labute approximate surface area is 83.2 Å². The van der Waals surface area contributed by atoms with Crippen LogP contribution >= 0.6 is 0 Å². The summed E-state index contributed by atoms with van der Waals surface area (Å²) >= 11 is 0. The topological polar surface area (TPSA) is 53.4 Å². The second kappa shape index (κ2) is 4.60. The highest BCUT2D eigenvalue weighted by Crippen LogP contribution is 2.10. The number of amides is 1. The number of carbonyl (C=O) groups is 1. The third kappa shape index (κ3) is 2.22. The zero-order valence-corrected chi connectivity index (χ0v) is 8.40. The fraction of sp³-hybridized carbons (Fsp3) is 0.400. The van der Waals surface area contributed by atoms with E-state index < -0.39 is 0 Å². The van der Waals surface area contributed by atoms with Gasteiger partial charge in [0.25, 0.3) is 5.91 Å². The molecule has 1 heterocycles. The molecule has 4 nitrogen and oxygen atoms in total. The maximum atomic E-state index is 11.7. The van der Waals surface area contributed by atoms with Crippen LogP contribution in [0.3, 0.4) is 0 Å². The summed E-state index contributed by atoms with van der Waals surface area (Å²) in [4.78, 5) is 17.2. The molecule has 0 aliphatic rings. The average molecular weight is 194 g/mol. The van der Waals surface area contributed by atoms with E-state index in [0.29, 0.717) is 18.7 Å². The van der Waals surface area contributed by atoms with E-state index in [4.69, 9.17) is 5.11 Å². The lowest BCUT2D eigenvalue weighted by atomic mass is 10.2. The monoisotopic (exact) mass is 194 g/mol. The number of hydrogen-bond acceptors (Lipinski definition) is 3. The molecule has 1 aromatic rings. The van der Waals surface area contributed by atoms with Gasteiger partial charge in [-0.15, -0.1) is 0 Å². The van der Waals surface area contributed by atoms with Crippen molar-refractivity contribution >= 4 is 5.91 Å². The Balaban J connectivity index is 2.88. The third-order valence-electron chi connectivity index (χ3n) is 2.02. The summed E-state index contributed by atoms with van der Waals surface area (Å²) < 4.78 is 0. The molecule has 4 heteroatoms. The molecule has 0 saturated carbocycles. The molecule has 76 valence electrons. The van der Waals surface area contributed by atoms with Crippen molar-refractivity contribution in [2.45, 2.75) is 13.8 Å². The summed E-state index contributed by atoms with van der Waals surface area (Å²) in [7, 11) is 0. The number of aromatic nitrogens is 1. The van der Waals surface area contributed by atoms with E-state index >= 15 is 0 Å². The maximum Gasteiger partial charge on any atom is 0.255 e. The molecule has 0 unspecified atom stereocenters. The molecule has 0 aliphatic heterocycles. The summed E-state index contributed by atoms with van der Waals surface area (Å²) in [5.41, 5.74) is 0.425. The van der Waals surface area contributed by atoms with Gasteiger partial charge in [-0.1, -0.05) is 0 Å². The van der Waals surface area contributed by atoms with Crippen LogP contribution in [0.25, 0.3) is 0 Å². The zero-order valence-electron chi connectivity index (χ0n) is 8.40. The zero-order chi connectivity index (χ0) is 10.6. The molecular formula is C10H14N2O2. The Morgan fingerprint density at radius 2 is 2.07 bits per heavy atom. The molecular weight excluding hydrogens is 180 g/mol. The molecule has 0 aliphatic carbocycles. The Morgan fingerprint density at radius 3 is 2.57 bits per heavy atom. The van der Waals surface area contributed by atoms with Crippen molar-refractivity contribution in [3.05, 3.63) is 24.0 Å². The SMILES string of the molecule is CCN(CC)C(=O)c1cncc(O)c1. The van der Waals surface area contributed by atoms with E-state index in [0.717, 1.165) is 0 Å². The molecule has 1 rings (SSSR count). The Kier molecular flexibility index (Phi) is 3.45. The predicted octanol–water partition coefficient (Wildman–Crippen LogP) is 1.27. The van der Waals surface area contributed by atoms with E-state index in [-0.39, 0.29) is 11.7 Å². The van der Waals surface area contributed by atoms with E-state index in [2.05, 4.69) is 4.98 Å². The van der Waals surface area contributed by atoms with Crippen LogP contribution in [0.1, 0.15) is 24.2 Å². The van der Waals surface area contributed by atoms with Gasteiger partial charge in [0.2, 0.25) is 0 Å². The summed E-state index contributed by atoms with van der Waals surface area (Å²) in [6.07, 6.45) is 2.76. The third-order valence-corrected chi connectivity index (χ3v) is 2.02. The Morgan fingerprint density at radius 1 is 1.43 bits per heavy atom. The number of nitrogens with zero attached hydrogens (tertiary/aromatic N) is 2. The number of carbonyl (C=O) groups excluding carboxylic acids is 1. The molecule has 1 N–H and O–H groups in total. The molecule has 1 aromatic heterocycles. The summed E-state index contributed by atoms with van der Waals surface area (Å²) in [6, 6.07) is 1.42. The molecule has 1 amide bonds. The normalized spacial score (nSPS) is 9.86. The molecule has 0 atom stereocenters. The summed E-state index contributed by atoms with van der Waals surface area (Å²) in [5.74, 6) is -0.0820. The minimum Gasteiger partial charge on any atom is -0.506 e. The number of aromatic hydroxyl groups is 1. The van der Waals surface area contributed by atoms with Gasteiger partial charge in [-0.25, -0.2) is 0 Å². The lowest BCUT2D eigenvalue weighted by molar-refractivity contribution is 0.0772. The van der Waals surface area contributed by atoms with Gasteiger partial charge in [0.15, 0.2) is 0 Å². The van der Waals surface area contributed by atoms with Crippen molar-refractivity contribution in [3.63, 3.8) is 0 Å². The van der Waals surface area contributed by atoms with E-state index in [9.17, 15) is 4.79 Å². The second-order valence-electron chi connectivity index (χ2n) is 2.91. The van der Waals surface area contributed by atoms with Crippen LogP contribution in [-0.2, 0) is 0 Å². The van der Waals surface area contributed by atoms with Gasteiger partial charge in [-0.2, -0.15) is 0 Å². The van der Waals surface area contributed by atoms with Gasteiger partial charge in [-0.05, 0) is 19.9 Å². The van der Waals surface area contributed by atoms with Gasteiger partial charge < -0.3 is 10.0 Å². The minimum absolute atomic E-state index is 0.0167. The van der Waals surface area contributed by atoms with Gasteiger partial charge in [-0.3, -0.25) is 9.78 Å². The van der Waals surface area contributed by atoms with Crippen molar-refractivity contribution < 1.29 is 9.90 Å². The number of rotatable bonds is 3. The standard InChI is InChI=1S/C10H14N2O2/c1-3-12(4-2)10(14)8-5-9(13)7-11-6-8/h5-7,13H,3-4H2,1-2H3. The fourth-order valence-electron chi connectivity index (χ4n) is 1.24. The maximum absolute atomic E-state index is 11.7. The lowest BCUT2D eigenvalue weighted by Crippen LogP contribution is -2.30. The first kappa shape index (κ1) is 10.5. The second-order valence-corrected chi connectivity index (χ2v) is 2.91. The van der Waals surface area contributed by atoms with E-state index in [1.54, 1.807) is 4.90 Å². The molecule has 0 aromatic carbocycles. The fourth-order valence-corrected chi connectivity index (χ4v) is 1.24. The molecule has 0 saturated heterocycles. The van der Waals surface area contributed by atoms with Crippen molar-refractivity contribution in [1.29, 1.82) is 0 Å². The first-order valence-electron chi connectivity index (χ1n) is 4.62. The molecule has 0 spiro atoms. The number of hydrogen-bond donors (Lipinski definition) is 1. The van der Waals surface area contributed by atoms with E-state index in [1.807, 2.05) is 13.8 Å². The smallest absolute Gasteiger partial charge is 0.255 e. The highest BCUT2D eigenvalue weighted by atomic mass is 16.3. The van der Waals surface area contributed by atoms with Gasteiger partial charge in [0.05, 0.1) is 11.8 Å². The largest absolute Gasteiger partial charge is 0.506 e. The highest BCUT2D eigenvalue weighted by Gasteiger charge is 2.12. The Hall–Kier alpha value is -1.58. The van der Waals surface area contributed by atoms with Crippen LogP contribution in [0.2, 0.25) is 0 Å². The Bertz CT molecular complexity index is 322. The summed E-state index contributed by atoms with van der Waals surface area (Å²) in [6.45, 7) is 5.14. The molecule has 0 radical (unpaired) electrons. The average Bonchev–Trinajstić information content (AvgIpc) is 2.19. The van der Waals surface area contributed by atoms with Crippen LogP contribution in [-0.4, -0.2) is 34.0 Å². The molecule has 0 fully saturated rings. The van der Waals surface area contributed by atoms with Crippen LogP contribution in [0.4, 0.5) is 0 Å².